The highest BCUT2D eigenvalue weighted by atomic mass is 19.4. The first kappa shape index (κ1) is 22.4. The van der Waals surface area contributed by atoms with Gasteiger partial charge in [0, 0.05) is 44.8 Å². The van der Waals surface area contributed by atoms with E-state index >= 15 is 0 Å². The van der Waals surface area contributed by atoms with Crippen LogP contribution in [0.15, 0.2) is 18.2 Å². The highest BCUT2D eigenvalue weighted by molar-refractivity contribution is 5.79. The van der Waals surface area contributed by atoms with Crippen molar-refractivity contribution in [2.24, 2.45) is 5.92 Å². The molecule has 1 aliphatic carbocycles. The number of nitrogens with one attached hydrogen (secondary N) is 1. The van der Waals surface area contributed by atoms with Gasteiger partial charge in [0.15, 0.2) is 0 Å². The van der Waals surface area contributed by atoms with E-state index in [1.54, 1.807) is 18.1 Å². The van der Waals surface area contributed by atoms with Crippen LogP contribution in [0.1, 0.15) is 36.8 Å². The lowest BCUT2D eigenvalue weighted by Crippen LogP contribution is -2.50. The molecule has 31 heavy (non-hydrogen) atoms. The molecule has 0 aromatic heterocycles. The van der Waals surface area contributed by atoms with Crippen LogP contribution in [0, 0.1) is 5.92 Å². The van der Waals surface area contributed by atoms with Crippen LogP contribution in [0.3, 0.4) is 0 Å². The zero-order valence-corrected chi connectivity index (χ0v) is 17.6. The first-order valence-electron chi connectivity index (χ1n) is 10.9. The summed E-state index contributed by atoms with van der Waals surface area (Å²) in [5, 5.41) is 3.65. The molecule has 0 spiro atoms. The molecule has 4 atom stereocenters. The topological polar surface area (TPSA) is 60.0 Å². The zero-order valence-electron chi connectivity index (χ0n) is 17.6. The number of halogens is 3. The Bertz CT molecular complexity index is 789. The molecule has 0 radical (unpaired) electrons. The number of alkyl halides is 3. The number of carbonyl (C=O) groups is 1. The number of benzene rings is 1. The minimum absolute atomic E-state index is 0.0233. The van der Waals surface area contributed by atoms with Crippen molar-refractivity contribution in [2.75, 3.05) is 26.9 Å². The van der Waals surface area contributed by atoms with Crippen molar-refractivity contribution in [1.82, 2.24) is 10.2 Å². The van der Waals surface area contributed by atoms with Gasteiger partial charge in [-0.3, -0.25) is 4.79 Å². The molecule has 6 nitrogen and oxygen atoms in total. The molecule has 0 bridgehead atoms. The lowest BCUT2D eigenvalue weighted by molar-refractivity contribution is -0.274. The zero-order chi connectivity index (χ0) is 22.0. The number of hydrogen-bond donors (Lipinski definition) is 1. The minimum Gasteiger partial charge on any atom is -0.406 e. The van der Waals surface area contributed by atoms with Crippen molar-refractivity contribution in [3.05, 3.63) is 29.3 Å². The third kappa shape index (κ3) is 5.51. The first-order chi connectivity index (χ1) is 14.8. The van der Waals surface area contributed by atoms with Gasteiger partial charge >= 0.3 is 6.36 Å². The van der Waals surface area contributed by atoms with Gasteiger partial charge in [-0.05, 0) is 55.4 Å². The van der Waals surface area contributed by atoms with Gasteiger partial charge < -0.3 is 24.4 Å². The van der Waals surface area contributed by atoms with E-state index in [9.17, 15) is 18.0 Å². The predicted molar refractivity (Wildman–Crippen MR) is 107 cm³/mol. The number of amides is 1. The van der Waals surface area contributed by atoms with Crippen molar-refractivity contribution in [3.63, 3.8) is 0 Å². The Labute approximate surface area is 180 Å². The smallest absolute Gasteiger partial charge is 0.406 e. The Balaban J connectivity index is 1.34. The maximum absolute atomic E-state index is 13.1. The van der Waals surface area contributed by atoms with Gasteiger partial charge in [-0.15, -0.1) is 13.2 Å². The first-order valence-corrected chi connectivity index (χ1v) is 10.9. The summed E-state index contributed by atoms with van der Waals surface area (Å²) in [5.41, 5.74) is 1.69. The van der Waals surface area contributed by atoms with Crippen LogP contribution >= 0.6 is 0 Å². The fourth-order valence-electron chi connectivity index (χ4n) is 4.97. The Morgan fingerprint density at radius 3 is 2.84 bits per heavy atom. The summed E-state index contributed by atoms with van der Waals surface area (Å²) < 4.78 is 52.6. The molecule has 3 aliphatic rings. The molecule has 1 saturated heterocycles. The van der Waals surface area contributed by atoms with Crippen LogP contribution in [-0.2, 0) is 27.2 Å². The van der Waals surface area contributed by atoms with E-state index in [4.69, 9.17) is 9.47 Å². The largest absolute Gasteiger partial charge is 0.573 e. The molecule has 1 saturated carbocycles. The third-order valence-corrected chi connectivity index (χ3v) is 6.57. The summed E-state index contributed by atoms with van der Waals surface area (Å²) in [6.07, 6.45) is -0.659. The summed E-state index contributed by atoms with van der Waals surface area (Å²) in [6, 6.07) is 4.89. The molecule has 2 heterocycles. The average Bonchev–Trinajstić information content (AvgIpc) is 3.20. The summed E-state index contributed by atoms with van der Waals surface area (Å²) in [4.78, 5) is 14.9. The molecule has 4 rings (SSSR count). The normalized spacial score (nSPS) is 29.0. The monoisotopic (exact) mass is 442 g/mol. The number of methoxy groups -OCH3 is 1. The van der Waals surface area contributed by atoms with Gasteiger partial charge in [0.05, 0.1) is 12.7 Å². The van der Waals surface area contributed by atoms with Gasteiger partial charge in [0.1, 0.15) is 5.75 Å². The summed E-state index contributed by atoms with van der Waals surface area (Å²) in [7, 11) is 1.69. The molecule has 1 amide bonds. The number of rotatable bonds is 5. The maximum atomic E-state index is 13.1. The molecular formula is C22H29F3N2O4. The van der Waals surface area contributed by atoms with Crippen LogP contribution < -0.4 is 10.1 Å². The number of fused-ring (bicyclic) bond motifs is 1. The number of nitrogens with zero attached hydrogens (tertiary/aromatic N) is 1. The highest BCUT2D eigenvalue weighted by Gasteiger charge is 2.37. The van der Waals surface area contributed by atoms with Crippen LogP contribution in [0.5, 0.6) is 5.75 Å². The molecule has 172 valence electrons. The fraction of sp³-hybridized carbons (Fsp3) is 0.682. The van der Waals surface area contributed by atoms with Crippen molar-refractivity contribution in [2.45, 2.75) is 63.2 Å². The molecule has 9 heteroatoms. The molecular weight excluding hydrogens is 413 g/mol. The second kappa shape index (κ2) is 9.34. The van der Waals surface area contributed by atoms with Gasteiger partial charge in [-0.25, -0.2) is 0 Å². The molecule has 2 fully saturated rings. The van der Waals surface area contributed by atoms with E-state index in [0.717, 1.165) is 36.8 Å². The second-order valence-electron chi connectivity index (χ2n) is 8.61. The number of hydrogen-bond acceptors (Lipinski definition) is 5. The highest BCUT2D eigenvalue weighted by Crippen LogP contribution is 2.32. The van der Waals surface area contributed by atoms with Crippen LogP contribution in [0.2, 0.25) is 0 Å². The van der Waals surface area contributed by atoms with Crippen molar-refractivity contribution in [1.29, 1.82) is 0 Å². The average molecular weight is 442 g/mol. The molecule has 1 aromatic rings. The van der Waals surface area contributed by atoms with Crippen LogP contribution in [-0.4, -0.2) is 62.2 Å². The quantitative estimate of drug-likeness (QED) is 0.760. The van der Waals surface area contributed by atoms with E-state index < -0.39 is 6.36 Å². The summed E-state index contributed by atoms with van der Waals surface area (Å²) in [6.45, 7) is 2.20. The lowest BCUT2D eigenvalue weighted by Gasteiger charge is -2.33. The predicted octanol–water partition coefficient (Wildman–Crippen LogP) is 3.03. The Kier molecular flexibility index (Phi) is 6.74. The molecule has 1 aromatic carbocycles. The van der Waals surface area contributed by atoms with Crippen molar-refractivity contribution >= 4 is 5.91 Å². The number of ether oxygens (including phenoxy) is 3. The summed E-state index contributed by atoms with van der Waals surface area (Å²) in [5.74, 6) is -0.211. The van der Waals surface area contributed by atoms with E-state index in [0.29, 0.717) is 32.7 Å². The van der Waals surface area contributed by atoms with Crippen molar-refractivity contribution in [3.8, 4) is 5.75 Å². The maximum Gasteiger partial charge on any atom is 0.573 e. The van der Waals surface area contributed by atoms with E-state index in [2.05, 4.69) is 10.1 Å². The van der Waals surface area contributed by atoms with E-state index in [1.165, 1.54) is 12.1 Å². The molecule has 2 aliphatic heterocycles. The van der Waals surface area contributed by atoms with Gasteiger partial charge in [-0.2, -0.15) is 0 Å². The standard InChI is InChI=1S/C22H29F3N2O4/c1-29-20-13-30-9-7-19(20)26-17-4-2-15(10-17)21(28)27-8-6-14-3-5-18(11-16(14)12-27)31-22(23,24)25/h3,5,11,15,17,19-20,26H,2,4,6-10,12-13H2,1H3/t15-,17?,19?,20?/m0/s1. The lowest BCUT2D eigenvalue weighted by atomic mass is 9.97. The molecule has 1 N–H and O–H groups in total. The fourth-order valence-corrected chi connectivity index (χ4v) is 4.97. The SMILES string of the molecule is COC1COCCC1NC1CC[C@H](C(=O)N2CCc3ccc(OC(F)(F)F)cc3C2)C1. The number of carbonyl (C=O) groups excluding carboxylic acids is 1. The Morgan fingerprint density at radius 1 is 1.23 bits per heavy atom. The Hall–Kier alpha value is -1.84. The van der Waals surface area contributed by atoms with Gasteiger partial charge in [0.25, 0.3) is 0 Å². The van der Waals surface area contributed by atoms with Crippen LogP contribution in [0.25, 0.3) is 0 Å². The van der Waals surface area contributed by atoms with Crippen molar-refractivity contribution < 1.29 is 32.2 Å². The van der Waals surface area contributed by atoms with Crippen LogP contribution in [0.4, 0.5) is 13.2 Å². The second-order valence-corrected chi connectivity index (χ2v) is 8.61. The van der Waals surface area contributed by atoms with E-state index in [1.807, 2.05) is 0 Å². The molecule has 3 unspecified atom stereocenters. The van der Waals surface area contributed by atoms with Gasteiger partial charge in [-0.1, -0.05) is 6.07 Å². The summed E-state index contributed by atoms with van der Waals surface area (Å²) >= 11 is 0. The van der Waals surface area contributed by atoms with Gasteiger partial charge in [0.2, 0.25) is 5.91 Å². The Morgan fingerprint density at radius 2 is 2.06 bits per heavy atom. The van der Waals surface area contributed by atoms with E-state index in [-0.39, 0.29) is 35.8 Å². The minimum atomic E-state index is -4.73. The third-order valence-electron chi connectivity index (χ3n) is 6.57.